The second-order valence-corrected chi connectivity index (χ2v) is 11.0. The Hall–Kier alpha value is -6.24. The Balaban J connectivity index is 1.15. The maximum absolute atomic E-state index is 9.64. The molecule has 1 aliphatic rings. The Bertz CT molecular complexity index is 2120. The molecule has 0 atom stereocenters. The van der Waals surface area contributed by atoms with E-state index in [4.69, 9.17) is 21.0 Å². The summed E-state index contributed by atoms with van der Waals surface area (Å²) in [6, 6.07) is 25.8. The average molecular weight is 605 g/mol. The first-order chi connectivity index (χ1) is 22.6. The molecule has 224 valence electrons. The average Bonchev–Trinajstić information content (AvgIpc) is 3.48. The minimum absolute atomic E-state index is 0.170. The van der Waals surface area contributed by atoms with Gasteiger partial charge in [-0.1, -0.05) is 12.1 Å². The second kappa shape index (κ2) is 12.4. The lowest BCUT2D eigenvalue weighted by molar-refractivity contribution is 0.211. The van der Waals surface area contributed by atoms with Crippen LogP contribution in [0.4, 0.5) is 11.6 Å². The highest BCUT2D eigenvalue weighted by molar-refractivity contribution is 5.85. The summed E-state index contributed by atoms with van der Waals surface area (Å²) in [5.41, 5.74) is 12.0. The molecule has 46 heavy (non-hydrogen) atoms. The van der Waals surface area contributed by atoms with Gasteiger partial charge in [0.25, 0.3) is 0 Å². The molecule has 6 aromatic rings. The molecule has 0 aliphatic carbocycles. The first-order valence-corrected chi connectivity index (χ1v) is 14.9. The van der Waals surface area contributed by atoms with Crippen LogP contribution in [0.3, 0.4) is 0 Å². The quantitative estimate of drug-likeness (QED) is 0.258. The Morgan fingerprint density at radius 2 is 1.59 bits per heavy atom. The van der Waals surface area contributed by atoms with Gasteiger partial charge in [0.15, 0.2) is 11.5 Å². The fourth-order valence-corrected chi connectivity index (χ4v) is 5.79. The van der Waals surface area contributed by atoms with Crippen molar-refractivity contribution in [1.82, 2.24) is 39.4 Å². The van der Waals surface area contributed by atoms with Crippen molar-refractivity contribution in [3.8, 4) is 40.5 Å². The number of piperidine rings is 1. The molecule has 1 fully saturated rings. The van der Waals surface area contributed by atoms with Gasteiger partial charge in [-0.05, 0) is 73.0 Å². The van der Waals surface area contributed by atoms with E-state index in [2.05, 4.69) is 60.5 Å². The molecule has 0 saturated carbocycles. The van der Waals surface area contributed by atoms with Crippen molar-refractivity contribution in [1.29, 1.82) is 10.5 Å². The Labute approximate surface area is 264 Å². The van der Waals surface area contributed by atoms with Gasteiger partial charge < -0.3 is 11.1 Å². The van der Waals surface area contributed by atoms with E-state index in [0.29, 0.717) is 57.2 Å². The summed E-state index contributed by atoms with van der Waals surface area (Å²) >= 11 is 0. The molecular formula is C34H28N12. The summed E-state index contributed by atoms with van der Waals surface area (Å²) in [6.45, 7) is 2.71. The molecule has 5 aromatic heterocycles. The zero-order valence-corrected chi connectivity index (χ0v) is 24.7. The van der Waals surface area contributed by atoms with Crippen molar-refractivity contribution in [3.05, 3.63) is 102 Å². The highest BCUT2D eigenvalue weighted by Gasteiger charge is 2.21. The third-order valence-corrected chi connectivity index (χ3v) is 8.07. The zero-order valence-electron chi connectivity index (χ0n) is 24.7. The fraction of sp³-hybridized carbons (Fsp3) is 0.176. The van der Waals surface area contributed by atoms with Crippen LogP contribution in [0.15, 0.2) is 85.3 Å². The van der Waals surface area contributed by atoms with Crippen LogP contribution >= 0.6 is 0 Å². The number of nitrogens with two attached hydrogens (primary N) is 1. The molecule has 6 heterocycles. The van der Waals surface area contributed by atoms with Gasteiger partial charge in [-0.2, -0.15) is 10.5 Å². The zero-order chi connectivity index (χ0) is 31.5. The van der Waals surface area contributed by atoms with Crippen molar-refractivity contribution in [3.63, 3.8) is 0 Å². The van der Waals surface area contributed by atoms with Gasteiger partial charge in [-0.15, -0.1) is 0 Å². The number of nitrogens with zero attached hydrogens (tertiary/aromatic N) is 10. The van der Waals surface area contributed by atoms with Crippen molar-refractivity contribution < 1.29 is 0 Å². The fourth-order valence-electron chi connectivity index (χ4n) is 5.79. The number of benzene rings is 1. The van der Waals surface area contributed by atoms with Crippen molar-refractivity contribution in [2.45, 2.75) is 25.4 Å². The van der Waals surface area contributed by atoms with E-state index >= 15 is 0 Å². The molecule has 1 aliphatic heterocycles. The molecule has 12 nitrogen and oxygen atoms in total. The highest BCUT2D eigenvalue weighted by atomic mass is 15.2. The monoisotopic (exact) mass is 604 g/mol. The summed E-state index contributed by atoms with van der Waals surface area (Å²) < 4.78 is 1.99. The third-order valence-electron chi connectivity index (χ3n) is 8.07. The van der Waals surface area contributed by atoms with Crippen LogP contribution in [0.2, 0.25) is 0 Å². The standard InChI is InChI=1S/C34H28N12/c35-19-29-25(3-1-14-38-29)27-9-10-28-34(42-27)46(33(43-28)26-4-2-15-40-32(26)37)24-7-5-22(6-8-24)21-45-17-12-23(13-18-45)41-30-11-16-39-31(20-36)44-30/h1-11,14-16,23H,12-13,17-18,21H2,(H2,37,40)(H,39,41,44). The summed E-state index contributed by atoms with van der Waals surface area (Å²) in [5, 5.41) is 22.2. The SMILES string of the molecule is N#Cc1nccc(NC2CCN(Cc3ccc(-n4c(-c5cccnc5N)nc5ccc(-c6cccnc6C#N)nc54)cc3)CC2)n1. The number of rotatable bonds is 7. The van der Waals surface area contributed by atoms with Crippen molar-refractivity contribution in [2.24, 2.45) is 0 Å². The van der Waals surface area contributed by atoms with E-state index in [-0.39, 0.29) is 5.82 Å². The number of pyridine rings is 3. The molecule has 12 heteroatoms. The first-order valence-electron chi connectivity index (χ1n) is 14.9. The molecule has 3 N–H and O–H groups in total. The maximum atomic E-state index is 9.64. The number of nitrogen functional groups attached to an aromatic ring is 1. The van der Waals surface area contributed by atoms with Crippen LogP contribution in [-0.2, 0) is 6.54 Å². The summed E-state index contributed by atoms with van der Waals surface area (Å²) in [4.78, 5) is 29.0. The van der Waals surface area contributed by atoms with Crippen LogP contribution in [-0.4, -0.2) is 58.5 Å². The third kappa shape index (κ3) is 5.68. The van der Waals surface area contributed by atoms with E-state index in [0.717, 1.165) is 38.2 Å². The highest BCUT2D eigenvalue weighted by Crippen LogP contribution is 2.32. The number of fused-ring (bicyclic) bond motifs is 1. The van der Waals surface area contributed by atoms with Gasteiger partial charge in [-0.25, -0.2) is 29.9 Å². The lowest BCUT2D eigenvalue weighted by Crippen LogP contribution is -2.38. The van der Waals surface area contributed by atoms with E-state index in [1.54, 1.807) is 30.7 Å². The lowest BCUT2D eigenvalue weighted by atomic mass is 10.0. The number of likely N-dealkylation sites (tertiary alicyclic amines) is 1. The number of hydrogen-bond donors (Lipinski definition) is 2. The molecule has 0 amide bonds. The van der Waals surface area contributed by atoms with Gasteiger partial charge in [0.05, 0.1) is 11.3 Å². The molecular weight excluding hydrogens is 576 g/mol. The van der Waals surface area contributed by atoms with Crippen LogP contribution in [0.1, 0.15) is 29.9 Å². The van der Waals surface area contributed by atoms with Gasteiger partial charge in [0, 0.05) is 55.5 Å². The Morgan fingerprint density at radius 1 is 0.804 bits per heavy atom. The van der Waals surface area contributed by atoms with Gasteiger partial charge in [-0.3, -0.25) is 9.47 Å². The Morgan fingerprint density at radius 3 is 2.35 bits per heavy atom. The second-order valence-electron chi connectivity index (χ2n) is 11.0. The lowest BCUT2D eigenvalue weighted by Gasteiger charge is -2.32. The van der Waals surface area contributed by atoms with Crippen molar-refractivity contribution in [2.75, 3.05) is 24.1 Å². The summed E-state index contributed by atoms with van der Waals surface area (Å²) in [7, 11) is 0. The number of anilines is 2. The molecule has 0 radical (unpaired) electrons. The minimum atomic E-state index is 0.170. The van der Waals surface area contributed by atoms with Crippen LogP contribution in [0.5, 0.6) is 0 Å². The number of nitriles is 2. The smallest absolute Gasteiger partial charge is 0.234 e. The van der Waals surface area contributed by atoms with Gasteiger partial charge in [0.2, 0.25) is 5.82 Å². The molecule has 0 bridgehead atoms. The number of hydrogen-bond acceptors (Lipinski definition) is 11. The van der Waals surface area contributed by atoms with E-state index in [1.165, 1.54) is 5.56 Å². The largest absolute Gasteiger partial charge is 0.383 e. The van der Waals surface area contributed by atoms with E-state index in [1.807, 2.05) is 41.0 Å². The van der Waals surface area contributed by atoms with Crippen molar-refractivity contribution >= 4 is 22.8 Å². The predicted molar refractivity (Wildman–Crippen MR) is 173 cm³/mol. The molecule has 7 rings (SSSR count). The molecule has 0 spiro atoms. The predicted octanol–water partition coefficient (Wildman–Crippen LogP) is 4.74. The number of aromatic nitrogens is 7. The van der Waals surface area contributed by atoms with E-state index < -0.39 is 0 Å². The van der Waals surface area contributed by atoms with E-state index in [9.17, 15) is 5.26 Å². The maximum Gasteiger partial charge on any atom is 0.234 e. The van der Waals surface area contributed by atoms with Gasteiger partial charge >= 0.3 is 0 Å². The van der Waals surface area contributed by atoms with Crippen LogP contribution in [0.25, 0.3) is 39.5 Å². The first kappa shape index (κ1) is 28.5. The topological polar surface area (TPSA) is 171 Å². The number of nitrogens with one attached hydrogen (secondary N) is 1. The number of imidazole rings is 1. The van der Waals surface area contributed by atoms with Crippen LogP contribution in [0, 0.1) is 22.7 Å². The summed E-state index contributed by atoms with van der Waals surface area (Å²) in [5.74, 6) is 1.86. The molecule has 1 aromatic carbocycles. The normalized spacial score (nSPS) is 13.7. The summed E-state index contributed by atoms with van der Waals surface area (Å²) in [6.07, 6.45) is 6.80. The Kier molecular flexibility index (Phi) is 7.69. The molecule has 0 unspecified atom stereocenters. The van der Waals surface area contributed by atoms with Crippen LogP contribution < -0.4 is 11.1 Å². The van der Waals surface area contributed by atoms with Gasteiger partial charge in [0.1, 0.15) is 35.0 Å². The minimum Gasteiger partial charge on any atom is -0.383 e. The molecule has 1 saturated heterocycles.